The number of rotatable bonds is 4. The van der Waals surface area contributed by atoms with E-state index >= 15 is 0 Å². The number of carboxylic acids is 1. The van der Waals surface area contributed by atoms with Crippen molar-refractivity contribution in [3.63, 3.8) is 0 Å². The standard InChI is InChI=1S/C16H16N2O2S.Na/c1-10(2)7-11-8-18(14-6-4-3-5-12(11)14)16-17-13(9-21-16)15(19)20;/h3-6,8-10H,7H2,1-2H3,(H,19,20);/q;+1/p-1. The van der Waals surface area contributed by atoms with Crippen LogP contribution in [0.5, 0.6) is 0 Å². The third kappa shape index (κ3) is 3.27. The summed E-state index contributed by atoms with van der Waals surface area (Å²) in [5.41, 5.74) is 2.29. The van der Waals surface area contributed by atoms with Gasteiger partial charge < -0.3 is 9.90 Å². The maximum atomic E-state index is 10.9. The molecular formula is C16H15N2NaO2S. The van der Waals surface area contributed by atoms with E-state index in [9.17, 15) is 9.90 Å². The Bertz CT molecular complexity index is 807. The molecule has 0 fully saturated rings. The normalized spacial score (nSPS) is 10.9. The Hall–Kier alpha value is -1.14. The van der Waals surface area contributed by atoms with Crippen LogP contribution in [0.2, 0.25) is 0 Å². The summed E-state index contributed by atoms with van der Waals surface area (Å²) in [7, 11) is 0. The number of hydrogen-bond donors (Lipinski definition) is 0. The average Bonchev–Trinajstić information content (AvgIpc) is 3.04. The number of aromatic carboxylic acids is 1. The van der Waals surface area contributed by atoms with Gasteiger partial charge in [-0.2, -0.15) is 0 Å². The number of aromatic nitrogens is 2. The molecule has 3 aromatic rings. The van der Waals surface area contributed by atoms with E-state index in [0.29, 0.717) is 11.0 Å². The van der Waals surface area contributed by atoms with Crippen molar-refractivity contribution in [2.75, 3.05) is 0 Å². The van der Waals surface area contributed by atoms with Gasteiger partial charge in [-0.1, -0.05) is 32.0 Å². The molecule has 0 unspecified atom stereocenters. The van der Waals surface area contributed by atoms with Crippen LogP contribution in [0, 0.1) is 5.92 Å². The van der Waals surface area contributed by atoms with Crippen LogP contribution in [0.15, 0.2) is 35.8 Å². The molecule has 1 aromatic carbocycles. The van der Waals surface area contributed by atoms with Crippen LogP contribution in [0.1, 0.15) is 29.9 Å². The summed E-state index contributed by atoms with van der Waals surface area (Å²) >= 11 is 1.31. The molecule has 6 heteroatoms. The summed E-state index contributed by atoms with van der Waals surface area (Å²) in [6, 6.07) is 8.12. The molecule has 108 valence electrons. The van der Waals surface area contributed by atoms with E-state index in [1.54, 1.807) is 0 Å². The molecule has 0 amide bonds. The van der Waals surface area contributed by atoms with Gasteiger partial charge in [0.1, 0.15) is 0 Å². The van der Waals surface area contributed by atoms with Crippen molar-refractivity contribution >= 4 is 28.2 Å². The number of fused-ring (bicyclic) bond motifs is 1. The fourth-order valence-corrected chi connectivity index (χ4v) is 3.26. The predicted octanol–water partition coefficient (Wildman–Crippen LogP) is -0.347. The summed E-state index contributed by atoms with van der Waals surface area (Å²) < 4.78 is 1.96. The monoisotopic (exact) mass is 322 g/mol. The first-order valence-electron chi connectivity index (χ1n) is 6.82. The van der Waals surface area contributed by atoms with Crippen molar-refractivity contribution in [1.29, 1.82) is 0 Å². The van der Waals surface area contributed by atoms with E-state index in [-0.39, 0.29) is 35.3 Å². The molecule has 0 saturated carbocycles. The quantitative estimate of drug-likeness (QED) is 0.617. The number of hydrogen-bond acceptors (Lipinski definition) is 4. The zero-order valence-electron chi connectivity index (χ0n) is 12.9. The van der Waals surface area contributed by atoms with Crippen LogP contribution >= 0.6 is 11.3 Å². The van der Waals surface area contributed by atoms with Crippen molar-refractivity contribution in [3.8, 4) is 5.13 Å². The molecule has 22 heavy (non-hydrogen) atoms. The van der Waals surface area contributed by atoms with E-state index in [4.69, 9.17) is 0 Å². The fraction of sp³-hybridized carbons (Fsp3) is 0.250. The molecule has 0 atom stereocenters. The van der Waals surface area contributed by atoms with Gasteiger partial charge in [0.05, 0.1) is 17.2 Å². The number of benzene rings is 1. The Morgan fingerprint density at radius 3 is 2.73 bits per heavy atom. The summed E-state index contributed by atoms with van der Waals surface area (Å²) in [4.78, 5) is 15.0. The minimum absolute atomic E-state index is 0. The number of nitrogens with zero attached hydrogens (tertiary/aromatic N) is 2. The molecule has 0 saturated heterocycles. The van der Waals surface area contributed by atoms with Gasteiger partial charge in [-0.25, -0.2) is 4.98 Å². The van der Waals surface area contributed by atoms with E-state index in [1.807, 2.05) is 22.8 Å². The Kier molecular flexibility index (Phi) is 5.45. The van der Waals surface area contributed by atoms with Gasteiger partial charge in [0.25, 0.3) is 0 Å². The summed E-state index contributed by atoms with van der Waals surface area (Å²) in [5.74, 6) is -0.685. The van der Waals surface area contributed by atoms with Crippen LogP contribution in [-0.2, 0) is 6.42 Å². The Balaban J connectivity index is 0.00000176. The minimum atomic E-state index is -1.24. The summed E-state index contributed by atoms with van der Waals surface area (Å²) in [6.45, 7) is 4.37. The molecule has 0 N–H and O–H groups in total. The zero-order valence-corrected chi connectivity index (χ0v) is 15.7. The van der Waals surface area contributed by atoms with Gasteiger partial charge in [-0.15, -0.1) is 11.3 Å². The van der Waals surface area contributed by atoms with Gasteiger partial charge in [0.15, 0.2) is 5.13 Å². The smallest absolute Gasteiger partial charge is 0.543 e. The van der Waals surface area contributed by atoms with E-state index in [0.717, 1.165) is 11.9 Å². The molecular weight excluding hydrogens is 307 g/mol. The average molecular weight is 322 g/mol. The molecule has 2 heterocycles. The molecule has 0 aliphatic carbocycles. The van der Waals surface area contributed by atoms with Crippen molar-refractivity contribution in [2.45, 2.75) is 20.3 Å². The molecule has 0 aliphatic rings. The second-order valence-corrected chi connectivity index (χ2v) is 6.28. The van der Waals surface area contributed by atoms with Crippen LogP contribution in [0.25, 0.3) is 16.0 Å². The van der Waals surface area contributed by atoms with Gasteiger partial charge in [0, 0.05) is 17.0 Å². The Morgan fingerprint density at radius 2 is 2.09 bits per heavy atom. The van der Waals surface area contributed by atoms with Crippen LogP contribution < -0.4 is 34.7 Å². The van der Waals surface area contributed by atoms with E-state index in [2.05, 4.69) is 31.1 Å². The van der Waals surface area contributed by atoms with Crippen molar-refractivity contribution in [2.24, 2.45) is 5.92 Å². The summed E-state index contributed by atoms with van der Waals surface area (Å²) in [6.07, 6.45) is 3.04. The van der Waals surface area contributed by atoms with Crippen LogP contribution in [0.3, 0.4) is 0 Å². The number of carbonyl (C=O) groups excluding carboxylic acids is 1. The van der Waals surface area contributed by atoms with E-state index in [1.165, 1.54) is 27.7 Å². The van der Waals surface area contributed by atoms with E-state index < -0.39 is 5.97 Å². The molecule has 2 aromatic heterocycles. The number of thiazole rings is 1. The first kappa shape index (κ1) is 17.2. The SMILES string of the molecule is CC(C)Cc1cn(-c2nc(C(=O)[O-])cs2)c2ccccc12.[Na+]. The first-order chi connectivity index (χ1) is 10.1. The molecule has 4 nitrogen and oxygen atoms in total. The first-order valence-corrected chi connectivity index (χ1v) is 7.70. The zero-order chi connectivity index (χ0) is 15.0. The van der Waals surface area contributed by atoms with Gasteiger partial charge in [-0.05, 0) is 24.0 Å². The van der Waals surface area contributed by atoms with Crippen LogP contribution in [-0.4, -0.2) is 15.5 Å². The maximum absolute atomic E-state index is 10.9. The van der Waals surface area contributed by atoms with Crippen molar-refractivity contribution < 1.29 is 39.5 Å². The third-order valence-electron chi connectivity index (χ3n) is 3.33. The molecule has 0 spiro atoms. The van der Waals surface area contributed by atoms with Gasteiger partial charge >= 0.3 is 29.6 Å². The summed E-state index contributed by atoms with van der Waals surface area (Å²) in [5, 5.41) is 14.2. The number of carbonyl (C=O) groups is 1. The van der Waals surface area contributed by atoms with Crippen molar-refractivity contribution in [1.82, 2.24) is 9.55 Å². The van der Waals surface area contributed by atoms with Gasteiger partial charge in [0.2, 0.25) is 0 Å². The molecule has 3 rings (SSSR count). The van der Waals surface area contributed by atoms with Gasteiger partial charge in [-0.3, -0.25) is 4.57 Å². The largest absolute Gasteiger partial charge is 1.00 e. The minimum Gasteiger partial charge on any atom is -0.543 e. The molecule has 0 bridgehead atoms. The Morgan fingerprint density at radius 1 is 1.36 bits per heavy atom. The topological polar surface area (TPSA) is 58.0 Å². The maximum Gasteiger partial charge on any atom is 1.00 e. The third-order valence-corrected chi connectivity index (χ3v) is 4.17. The van der Waals surface area contributed by atoms with Crippen molar-refractivity contribution in [3.05, 3.63) is 47.1 Å². The second-order valence-electron chi connectivity index (χ2n) is 5.44. The number of para-hydroxylation sites is 1. The number of carboxylic acid groups (broad SMARTS) is 1. The second kappa shape index (κ2) is 6.96. The predicted molar refractivity (Wildman–Crippen MR) is 81.8 cm³/mol. The Labute approximate surface area is 155 Å². The fourth-order valence-electron chi connectivity index (χ4n) is 2.48. The van der Waals surface area contributed by atoms with Crippen LogP contribution in [0.4, 0.5) is 0 Å². The molecule has 0 radical (unpaired) electrons. The molecule has 0 aliphatic heterocycles.